The highest BCUT2D eigenvalue weighted by atomic mass is 16.5. The van der Waals surface area contributed by atoms with Gasteiger partial charge in [0.05, 0.1) is 35.5 Å². The molecule has 12 bridgehead atoms. The van der Waals surface area contributed by atoms with Gasteiger partial charge in [-0.15, -0.1) is 0 Å². The highest BCUT2D eigenvalue weighted by Gasteiger charge is 2.36. The number of allylic oxidation sites excluding steroid dienone is 4. The van der Waals surface area contributed by atoms with Crippen LogP contribution in [0.3, 0.4) is 0 Å². The normalized spacial score (nSPS) is 18.6. The zero-order valence-corrected chi connectivity index (χ0v) is 36.3. The number of carbonyl (C=O) groups excluding carboxylic acids is 2. The van der Waals surface area contributed by atoms with Gasteiger partial charge in [-0.25, -0.2) is 9.15 Å². The van der Waals surface area contributed by atoms with E-state index >= 15 is 0 Å². The van der Waals surface area contributed by atoms with Gasteiger partial charge in [0.2, 0.25) is 11.6 Å². The number of nitrogens with zero attached hydrogens (tertiary/aromatic N) is 4. The molecule has 0 atom stereocenters. The predicted molar refractivity (Wildman–Crippen MR) is 243 cm³/mol. The second-order valence-corrected chi connectivity index (χ2v) is 15.9. The number of hydrogen-bond acceptors (Lipinski definition) is 10. The molecule has 2 aliphatic carbocycles. The van der Waals surface area contributed by atoms with Crippen molar-refractivity contribution >= 4 is 45.2 Å². The van der Waals surface area contributed by atoms with Gasteiger partial charge in [-0.1, -0.05) is 24.3 Å². The Balaban J connectivity index is 0.988. The highest BCUT2D eigenvalue weighted by Crippen LogP contribution is 2.38. The van der Waals surface area contributed by atoms with Gasteiger partial charge in [0.15, 0.2) is 23.8 Å². The average molecular weight is 843 g/mol. The van der Waals surface area contributed by atoms with Crippen LogP contribution in [0.1, 0.15) is 24.0 Å². The number of aliphatic hydroxyl groups excluding tert-OH is 2. The fourth-order valence-electron chi connectivity index (χ4n) is 7.66. The summed E-state index contributed by atoms with van der Waals surface area (Å²) in [5.41, 5.74) is 4.70. The summed E-state index contributed by atoms with van der Waals surface area (Å²) in [6.07, 6.45) is 1.56. The summed E-state index contributed by atoms with van der Waals surface area (Å²) in [6.45, 7) is 7.36. The van der Waals surface area contributed by atoms with E-state index in [2.05, 4.69) is 19.0 Å². The third-order valence-electron chi connectivity index (χ3n) is 11.7. The Labute approximate surface area is 362 Å². The maximum absolute atomic E-state index is 13.3. The van der Waals surface area contributed by atoms with Crippen LogP contribution in [0.15, 0.2) is 109 Å². The molecule has 10 aliphatic heterocycles. The first-order valence-electron chi connectivity index (χ1n) is 21.4. The van der Waals surface area contributed by atoms with Crippen molar-refractivity contribution < 1.29 is 38.7 Å². The van der Waals surface area contributed by atoms with Crippen molar-refractivity contribution in [1.82, 2.24) is 9.15 Å². The third kappa shape index (κ3) is 10.2. The monoisotopic (exact) mass is 842 g/mol. The summed E-state index contributed by atoms with van der Waals surface area (Å²) in [6, 6.07) is 30.6. The first-order chi connectivity index (χ1) is 30.1. The van der Waals surface area contributed by atoms with Crippen molar-refractivity contribution in [1.29, 1.82) is 0 Å². The van der Waals surface area contributed by atoms with Gasteiger partial charge in [-0.3, -0.25) is 9.59 Å². The molecular formula is C50H58N4O8+2. The van der Waals surface area contributed by atoms with E-state index in [-0.39, 0.29) is 23.1 Å². The number of rotatable bonds is 0. The summed E-state index contributed by atoms with van der Waals surface area (Å²) >= 11 is 0. The molecule has 10 heterocycles. The smallest absolute Gasteiger partial charge is 0.201 e. The van der Waals surface area contributed by atoms with Gasteiger partial charge in [0, 0.05) is 89.3 Å². The fourth-order valence-corrected chi connectivity index (χ4v) is 7.66. The average Bonchev–Trinajstić information content (AvgIpc) is 3.28. The lowest BCUT2D eigenvalue weighted by Gasteiger charge is -2.23. The molecule has 0 saturated carbocycles. The van der Waals surface area contributed by atoms with Crippen LogP contribution in [-0.2, 0) is 28.5 Å². The van der Waals surface area contributed by atoms with E-state index < -0.39 is 0 Å². The molecule has 4 aromatic carbocycles. The Morgan fingerprint density at radius 2 is 0.790 bits per heavy atom. The Bertz CT molecular complexity index is 2370. The van der Waals surface area contributed by atoms with Crippen molar-refractivity contribution in [2.45, 2.75) is 12.8 Å². The van der Waals surface area contributed by atoms with Crippen LogP contribution in [0.25, 0.3) is 22.3 Å². The maximum Gasteiger partial charge on any atom is 0.201 e. The molecule has 0 unspecified atom stereocenters. The summed E-state index contributed by atoms with van der Waals surface area (Å²) in [4.78, 5) is 30.7. The lowest BCUT2D eigenvalue weighted by atomic mass is 9.82. The van der Waals surface area contributed by atoms with Crippen molar-refractivity contribution in [2.24, 2.45) is 0 Å². The second-order valence-electron chi connectivity index (χ2n) is 15.9. The van der Waals surface area contributed by atoms with Gasteiger partial charge in [0.1, 0.15) is 38.8 Å². The number of aliphatic hydroxyl groups is 2. The third-order valence-corrected chi connectivity index (χ3v) is 11.7. The molecule has 12 aliphatic rings. The SMILES string of the molecule is CN1CCOCCCOCCN(C)c2ccc(cc2)C2=C(O)C(=c3ccc(cc3)=[N+](C)CCOCCCOCC[N+](C)=c3ccc(cc3)=C3C(=O)C(=C3O)c3ccc1cc3)C2=O. The quantitative estimate of drug-likeness (QED) is 0.256. The molecule has 12 heteroatoms. The van der Waals surface area contributed by atoms with Crippen molar-refractivity contribution in [3.63, 3.8) is 0 Å². The minimum Gasteiger partial charge on any atom is -0.506 e. The molecule has 0 radical (unpaired) electrons. The van der Waals surface area contributed by atoms with Crippen LogP contribution < -0.4 is 40.1 Å². The van der Waals surface area contributed by atoms with Crippen LogP contribution in [0.2, 0.25) is 0 Å². The molecule has 16 rings (SSSR count). The number of ether oxygens (including phenoxy) is 4. The fraction of sp³-hybridized carbons (Fsp3) is 0.360. The van der Waals surface area contributed by atoms with Crippen LogP contribution in [0.5, 0.6) is 0 Å². The lowest BCUT2D eigenvalue weighted by molar-refractivity contribution is -0.110. The number of Topliss-reactive ketones (excluding diaryl/α,β-unsaturated/α-hetero) is 2. The lowest BCUT2D eigenvalue weighted by Crippen LogP contribution is -2.32. The molecule has 0 spiro atoms. The first kappa shape index (κ1) is 44.1. The number of likely N-dealkylation sites (N-methyl/N-ethyl adjacent to an activating group) is 4. The standard InChI is InChI=1S/C50H56N4O8/c1-51-23-31-59-27-5-28-60-32-24-52(2)41-19-11-37(12-20-41)45-49(57)46(50(45)58)38-13-21-42(22-14-38)54(4)26-34-62-30-6-29-61-33-25-53(3)40-17-9-36(10-18-40)44-47(55)43(48(44)56)35-7-15-39(51)16-8-35/h7-22H,5-6,23-34H2,1-4H3/p+2. The predicted octanol–water partition coefficient (Wildman–Crippen LogP) is 2.77. The number of carbonyl (C=O) groups is 2. The number of anilines is 2. The Morgan fingerprint density at radius 1 is 0.452 bits per heavy atom. The first-order valence-corrected chi connectivity index (χ1v) is 21.4. The summed E-state index contributed by atoms with van der Waals surface area (Å²) < 4.78 is 27.7. The molecule has 12 nitrogen and oxygen atoms in total. The van der Waals surface area contributed by atoms with Gasteiger partial charge in [-0.2, -0.15) is 0 Å². The largest absolute Gasteiger partial charge is 0.506 e. The van der Waals surface area contributed by atoms with Crippen LogP contribution in [0, 0.1) is 0 Å². The van der Waals surface area contributed by atoms with Gasteiger partial charge < -0.3 is 39.0 Å². The molecule has 0 amide bonds. The molecule has 0 aromatic heterocycles. The van der Waals surface area contributed by atoms with Crippen molar-refractivity contribution in [3.05, 3.63) is 141 Å². The maximum atomic E-state index is 13.3. The van der Waals surface area contributed by atoms with E-state index in [1.165, 1.54) is 0 Å². The van der Waals surface area contributed by atoms with Gasteiger partial charge >= 0.3 is 0 Å². The van der Waals surface area contributed by atoms with E-state index in [4.69, 9.17) is 18.9 Å². The van der Waals surface area contributed by atoms with E-state index in [1.807, 2.05) is 125 Å². The van der Waals surface area contributed by atoms with Crippen LogP contribution >= 0.6 is 0 Å². The van der Waals surface area contributed by atoms with Crippen LogP contribution in [-0.4, -0.2) is 129 Å². The second kappa shape index (κ2) is 20.8. The molecule has 324 valence electrons. The number of ketones is 2. The van der Waals surface area contributed by atoms with E-state index in [0.29, 0.717) is 123 Å². The molecule has 0 fully saturated rings. The minimum atomic E-state index is -0.163. The number of hydrogen-bond donors (Lipinski definition) is 2. The summed E-state index contributed by atoms with van der Waals surface area (Å²) in [5, 5.41) is 25.3. The zero-order valence-electron chi connectivity index (χ0n) is 36.3. The molecule has 4 aromatic rings. The Hall–Kier alpha value is -5.92. The highest BCUT2D eigenvalue weighted by molar-refractivity contribution is 6.52. The van der Waals surface area contributed by atoms with Gasteiger partial charge in [0.25, 0.3) is 0 Å². The van der Waals surface area contributed by atoms with Crippen molar-refractivity contribution in [3.8, 4) is 0 Å². The Morgan fingerprint density at radius 3 is 1.13 bits per heavy atom. The van der Waals surface area contributed by atoms with E-state index in [1.54, 1.807) is 0 Å². The Kier molecular flexibility index (Phi) is 14.8. The van der Waals surface area contributed by atoms with Crippen LogP contribution in [0.4, 0.5) is 11.4 Å². The molecule has 2 N–H and O–H groups in total. The van der Waals surface area contributed by atoms with E-state index in [9.17, 15) is 19.8 Å². The molecule has 62 heavy (non-hydrogen) atoms. The topological polar surface area (TPSA) is 124 Å². The van der Waals surface area contributed by atoms with Gasteiger partial charge in [-0.05, 0) is 82.9 Å². The summed E-state index contributed by atoms with van der Waals surface area (Å²) in [7, 11) is 7.99. The number of benzene rings is 4. The minimum absolute atomic E-state index is 0.0249. The molecular weight excluding hydrogens is 785 g/mol. The molecule has 0 saturated heterocycles. The zero-order chi connectivity index (χ0) is 43.6. The van der Waals surface area contributed by atoms with Crippen molar-refractivity contribution in [2.75, 3.05) is 117 Å². The van der Waals surface area contributed by atoms with E-state index in [0.717, 1.165) is 34.9 Å². The summed E-state index contributed by atoms with van der Waals surface area (Å²) in [5.74, 6) is -0.275.